The van der Waals surface area contributed by atoms with Crippen molar-refractivity contribution in [1.29, 1.82) is 0 Å². The Bertz CT molecular complexity index is 368. The summed E-state index contributed by atoms with van der Waals surface area (Å²) in [5.41, 5.74) is 1.39. The van der Waals surface area contributed by atoms with E-state index in [0.29, 0.717) is 5.92 Å². The van der Waals surface area contributed by atoms with Crippen molar-refractivity contribution in [2.45, 2.75) is 45.6 Å². The number of allylic oxidation sites excluding steroid dienone is 1. The van der Waals surface area contributed by atoms with E-state index < -0.39 is 0 Å². The van der Waals surface area contributed by atoms with E-state index in [0.717, 1.165) is 45.6 Å². The number of piperidine rings is 1. The van der Waals surface area contributed by atoms with Crippen molar-refractivity contribution in [2.24, 2.45) is 5.92 Å². The minimum absolute atomic E-state index is 0.114. The van der Waals surface area contributed by atoms with Crippen LogP contribution < -0.4 is 5.32 Å². The number of hydrogen-bond acceptors (Lipinski definition) is 3. The van der Waals surface area contributed by atoms with Crippen molar-refractivity contribution in [3.63, 3.8) is 0 Å². The van der Waals surface area contributed by atoms with Gasteiger partial charge in [-0.15, -0.1) is 0 Å². The highest BCUT2D eigenvalue weighted by Gasteiger charge is 2.28. The van der Waals surface area contributed by atoms with Crippen LogP contribution in [0.3, 0.4) is 0 Å². The van der Waals surface area contributed by atoms with Gasteiger partial charge in [-0.3, -0.25) is 14.6 Å². The highest BCUT2D eigenvalue weighted by molar-refractivity contribution is 5.81. The molecule has 120 valence electrons. The largest absolute Gasteiger partial charge is 0.354 e. The molecule has 0 spiro atoms. The van der Waals surface area contributed by atoms with Gasteiger partial charge in [0.05, 0.1) is 6.04 Å². The van der Waals surface area contributed by atoms with Gasteiger partial charge in [-0.2, -0.15) is 0 Å². The number of nitrogens with zero attached hydrogens (tertiary/aromatic N) is 2. The van der Waals surface area contributed by atoms with Crippen LogP contribution in [0.25, 0.3) is 0 Å². The molecule has 0 aromatic rings. The number of amides is 1. The molecule has 1 N–H and O–H groups in total. The van der Waals surface area contributed by atoms with E-state index in [1.165, 1.54) is 18.4 Å². The molecule has 0 bridgehead atoms. The third kappa shape index (κ3) is 5.11. The molecule has 1 amide bonds. The van der Waals surface area contributed by atoms with Crippen LogP contribution in [0.15, 0.2) is 11.6 Å². The lowest BCUT2D eigenvalue weighted by Gasteiger charge is -2.31. The number of nitrogens with one attached hydrogen (secondary N) is 1. The molecule has 0 aliphatic carbocycles. The second-order valence-corrected chi connectivity index (χ2v) is 6.91. The van der Waals surface area contributed by atoms with Crippen molar-refractivity contribution in [2.75, 3.05) is 39.8 Å². The van der Waals surface area contributed by atoms with Gasteiger partial charge in [-0.25, -0.2) is 0 Å². The van der Waals surface area contributed by atoms with Gasteiger partial charge in [0.1, 0.15) is 0 Å². The Morgan fingerprint density at radius 1 is 1.19 bits per heavy atom. The van der Waals surface area contributed by atoms with Crippen LogP contribution in [0, 0.1) is 5.92 Å². The summed E-state index contributed by atoms with van der Waals surface area (Å²) in [4.78, 5) is 16.9. The normalized spacial score (nSPS) is 25.0. The summed E-state index contributed by atoms with van der Waals surface area (Å²) in [6, 6.07) is 0.114. The second kappa shape index (κ2) is 7.95. The summed E-state index contributed by atoms with van der Waals surface area (Å²) < 4.78 is 0. The summed E-state index contributed by atoms with van der Waals surface area (Å²) in [5.74, 6) is 0.894. The molecular formula is C17H31N3O. The molecule has 2 saturated heterocycles. The summed E-state index contributed by atoms with van der Waals surface area (Å²) in [7, 11) is 2.05. The third-order valence-corrected chi connectivity index (χ3v) is 4.85. The molecule has 2 aliphatic rings. The highest BCUT2D eigenvalue weighted by Crippen LogP contribution is 2.18. The molecule has 0 unspecified atom stereocenters. The fraction of sp³-hybridized carbons (Fsp3) is 0.824. The van der Waals surface area contributed by atoms with Crippen molar-refractivity contribution >= 4 is 5.91 Å². The van der Waals surface area contributed by atoms with E-state index in [-0.39, 0.29) is 11.9 Å². The predicted molar refractivity (Wildman–Crippen MR) is 87.3 cm³/mol. The maximum absolute atomic E-state index is 12.2. The first-order valence-electron chi connectivity index (χ1n) is 8.40. The average molecular weight is 293 g/mol. The molecule has 2 rings (SSSR count). The molecule has 2 heterocycles. The zero-order valence-corrected chi connectivity index (χ0v) is 13.9. The van der Waals surface area contributed by atoms with Crippen LogP contribution in [-0.2, 0) is 4.79 Å². The first-order chi connectivity index (χ1) is 10.1. The summed E-state index contributed by atoms with van der Waals surface area (Å²) in [6.07, 6.45) is 6.88. The number of rotatable bonds is 5. The monoisotopic (exact) mass is 293 g/mol. The summed E-state index contributed by atoms with van der Waals surface area (Å²) >= 11 is 0. The van der Waals surface area contributed by atoms with Gasteiger partial charge in [-0.05, 0) is 72.1 Å². The molecule has 2 aliphatic heterocycles. The zero-order chi connectivity index (χ0) is 15.2. The summed E-state index contributed by atoms with van der Waals surface area (Å²) in [6.45, 7) is 9.63. The smallest absolute Gasteiger partial charge is 0.237 e. The fourth-order valence-electron chi connectivity index (χ4n) is 3.29. The maximum Gasteiger partial charge on any atom is 0.237 e. The van der Waals surface area contributed by atoms with Gasteiger partial charge in [0.2, 0.25) is 5.91 Å². The minimum atomic E-state index is 0.114. The van der Waals surface area contributed by atoms with Crippen LogP contribution >= 0.6 is 0 Å². The number of carbonyl (C=O) groups excluding carboxylic acids is 1. The summed E-state index contributed by atoms with van der Waals surface area (Å²) in [5, 5.41) is 3.18. The van der Waals surface area contributed by atoms with E-state index >= 15 is 0 Å². The van der Waals surface area contributed by atoms with E-state index in [9.17, 15) is 4.79 Å². The van der Waals surface area contributed by atoms with Crippen LogP contribution in [-0.4, -0.2) is 61.5 Å². The quantitative estimate of drug-likeness (QED) is 0.786. The molecule has 0 aromatic heterocycles. The van der Waals surface area contributed by atoms with E-state index in [1.807, 2.05) is 0 Å². The second-order valence-electron chi connectivity index (χ2n) is 6.91. The Morgan fingerprint density at radius 3 is 2.48 bits per heavy atom. The van der Waals surface area contributed by atoms with Gasteiger partial charge in [0.25, 0.3) is 0 Å². The molecule has 0 saturated carbocycles. The molecule has 0 radical (unpaired) electrons. The molecular weight excluding hydrogens is 262 g/mol. The Labute approximate surface area is 129 Å². The average Bonchev–Trinajstić information content (AvgIpc) is 2.90. The van der Waals surface area contributed by atoms with Gasteiger partial charge < -0.3 is 5.32 Å². The Balaban J connectivity index is 1.64. The molecule has 1 atom stereocenters. The van der Waals surface area contributed by atoms with Crippen LogP contribution in [0.4, 0.5) is 0 Å². The third-order valence-electron chi connectivity index (χ3n) is 4.85. The topological polar surface area (TPSA) is 35.6 Å². The lowest BCUT2D eigenvalue weighted by molar-refractivity contribution is -0.125. The van der Waals surface area contributed by atoms with E-state index in [4.69, 9.17) is 0 Å². The molecule has 0 aromatic carbocycles. The van der Waals surface area contributed by atoms with Crippen molar-refractivity contribution in [1.82, 2.24) is 15.1 Å². The molecule has 2 fully saturated rings. The Morgan fingerprint density at radius 2 is 1.90 bits per heavy atom. The van der Waals surface area contributed by atoms with E-state index in [1.54, 1.807) is 0 Å². The van der Waals surface area contributed by atoms with Crippen LogP contribution in [0.5, 0.6) is 0 Å². The highest BCUT2D eigenvalue weighted by atomic mass is 16.2. The number of hydrogen-bond donors (Lipinski definition) is 1. The van der Waals surface area contributed by atoms with E-state index in [2.05, 4.69) is 42.1 Å². The SMILES string of the molecule is CC(C)=CCN1CCC(CNC(=O)[C@@H]2CCCN2C)CC1. The van der Waals surface area contributed by atoms with Gasteiger partial charge in [0.15, 0.2) is 0 Å². The Hall–Kier alpha value is -0.870. The maximum atomic E-state index is 12.2. The van der Waals surface area contributed by atoms with Gasteiger partial charge in [-0.1, -0.05) is 11.6 Å². The van der Waals surface area contributed by atoms with Crippen molar-refractivity contribution in [3.8, 4) is 0 Å². The van der Waals surface area contributed by atoms with Crippen LogP contribution in [0.2, 0.25) is 0 Å². The van der Waals surface area contributed by atoms with Gasteiger partial charge in [0, 0.05) is 13.1 Å². The Kier molecular flexibility index (Phi) is 6.24. The molecule has 4 heteroatoms. The number of carbonyl (C=O) groups is 1. The fourth-order valence-corrected chi connectivity index (χ4v) is 3.29. The number of likely N-dealkylation sites (N-methyl/N-ethyl adjacent to an activating group) is 1. The first kappa shape index (κ1) is 16.5. The van der Waals surface area contributed by atoms with Gasteiger partial charge >= 0.3 is 0 Å². The predicted octanol–water partition coefficient (Wildman–Crippen LogP) is 1.88. The molecule has 4 nitrogen and oxygen atoms in total. The van der Waals surface area contributed by atoms with Crippen LogP contribution in [0.1, 0.15) is 39.5 Å². The first-order valence-corrected chi connectivity index (χ1v) is 8.40. The lowest BCUT2D eigenvalue weighted by Crippen LogP contribution is -2.44. The van der Waals surface area contributed by atoms with Crippen molar-refractivity contribution in [3.05, 3.63) is 11.6 Å². The zero-order valence-electron chi connectivity index (χ0n) is 13.9. The van der Waals surface area contributed by atoms with Crippen molar-refractivity contribution < 1.29 is 4.79 Å². The molecule has 21 heavy (non-hydrogen) atoms. The number of likely N-dealkylation sites (tertiary alicyclic amines) is 2. The minimum Gasteiger partial charge on any atom is -0.354 e. The lowest BCUT2D eigenvalue weighted by atomic mass is 9.96. The standard InChI is InChI=1S/C17H31N3O/c1-14(2)6-10-20-11-7-15(8-12-20)13-18-17(21)16-5-4-9-19(16)3/h6,15-16H,4-5,7-13H2,1-3H3,(H,18,21)/t16-/m0/s1.